The second-order valence-corrected chi connectivity index (χ2v) is 10.1. The lowest BCUT2D eigenvalue weighted by Crippen LogP contribution is -2.50. The second-order valence-electron chi connectivity index (χ2n) is 10.1. The molecule has 1 aromatic heterocycles. The number of hydrogen-bond donors (Lipinski definition) is 0. The Kier molecular flexibility index (Phi) is 6.75. The molecule has 29 heavy (non-hydrogen) atoms. The highest BCUT2D eigenvalue weighted by molar-refractivity contribution is 5.82. The summed E-state index contributed by atoms with van der Waals surface area (Å²) < 4.78 is 2.19. The van der Waals surface area contributed by atoms with Crippen molar-refractivity contribution < 1.29 is 4.79 Å². The molecule has 1 saturated carbocycles. The van der Waals surface area contributed by atoms with Gasteiger partial charge in [-0.1, -0.05) is 13.8 Å². The molecule has 0 bridgehead atoms. The van der Waals surface area contributed by atoms with Crippen molar-refractivity contribution in [3.8, 4) is 0 Å². The maximum atomic E-state index is 12.3. The molecule has 162 valence electrons. The van der Waals surface area contributed by atoms with E-state index in [1.54, 1.807) is 0 Å². The fourth-order valence-electron chi connectivity index (χ4n) is 5.96. The standard InChI is InChI=1S/C24H40N4O/c1-18(2)24(29)20-4-6-21(7-5-20)26-12-8-22(9-13-26)27-14-10-23(11-15-27)28-17-19(3)16-25-28/h16-18,20-23H,4-15H2,1-3H3. The summed E-state index contributed by atoms with van der Waals surface area (Å²) in [5, 5.41) is 4.53. The molecule has 2 saturated heterocycles. The number of carbonyl (C=O) groups is 1. The number of aryl methyl sites for hydroxylation is 1. The molecule has 0 radical (unpaired) electrons. The second kappa shape index (κ2) is 9.30. The van der Waals surface area contributed by atoms with Crippen molar-refractivity contribution in [3.63, 3.8) is 0 Å². The van der Waals surface area contributed by atoms with Crippen LogP contribution >= 0.6 is 0 Å². The van der Waals surface area contributed by atoms with Gasteiger partial charge < -0.3 is 9.80 Å². The summed E-state index contributed by atoms with van der Waals surface area (Å²) in [7, 11) is 0. The minimum absolute atomic E-state index is 0.203. The molecule has 3 heterocycles. The largest absolute Gasteiger partial charge is 0.300 e. The predicted octanol–water partition coefficient (Wildman–Crippen LogP) is 4.08. The molecule has 2 aliphatic heterocycles. The number of piperidine rings is 2. The Hall–Kier alpha value is -1.20. The van der Waals surface area contributed by atoms with Gasteiger partial charge in [0.2, 0.25) is 0 Å². The highest BCUT2D eigenvalue weighted by Gasteiger charge is 2.34. The van der Waals surface area contributed by atoms with E-state index < -0.39 is 0 Å². The van der Waals surface area contributed by atoms with Crippen molar-refractivity contribution in [2.45, 2.75) is 90.3 Å². The van der Waals surface area contributed by atoms with Crippen LogP contribution in [-0.2, 0) is 4.79 Å². The number of rotatable bonds is 5. The lowest BCUT2D eigenvalue weighted by Gasteiger charge is -2.45. The Labute approximate surface area is 176 Å². The molecule has 5 nitrogen and oxygen atoms in total. The topological polar surface area (TPSA) is 41.4 Å². The smallest absolute Gasteiger partial charge is 0.138 e. The van der Waals surface area contributed by atoms with E-state index in [0.717, 1.165) is 24.9 Å². The SMILES string of the molecule is Cc1cnn(C2CCN(C3CCN(C4CCC(C(=O)C(C)C)CC4)CC3)CC2)c1. The number of carbonyl (C=O) groups excluding carboxylic acids is 1. The highest BCUT2D eigenvalue weighted by atomic mass is 16.1. The van der Waals surface area contributed by atoms with Gasteiger partial charge in [0.15, 0.2) is 0 Å². The van der Waals surface area contributed by atoms with Crippen molar-refractivity contribution in [3.05, 3.63) is 18.0 Å². The zero-order valence-corrected chi connectivity index (χ0v) is 18.7. The van der Waals surface area contributed by atoms with Crippen molar-refractivity contribution in [2.24, 2.45) is 11.8 Å². The molecule has 0 amide bonds. The third-order valence-electron chi connectivity index (χ3n) is 7.80. The van der Waals surface area contributed by atoms with E-state index in [1.165, 1.54) is 70.3 Å². The predicted molar refractivity (Wildman–Crippen MR) is 117 cm³/mol. The van der Waals surface area contributed by atoms with Crippen LogP contribution in [0.15, 0.2) is 12.4 Å². The van der Waals surface area contributed by atoms with Gasteiger partial charge in [-0.15, -0.1) is 0 Å². The molecule has 0 unspecified atom stereocenters. The van der Waals surface area contributed by atoms with Gasteiger partial charge in [0, 0.05) is 43.2 Å². The van der Waals surface area contributed by atoms with Crippen LogP contribution in [0.25, 0.3) is 0 Å². The average Bonchev–Trinajstić information content (AvgIpc) is 3.20. The summed E-state index contributed by atoms with van der Waals surface area (Å²) in [6, 6.07) is 2.08. The lowest BCUT2D eigenvalue weighted by molar-refractivity contribution is -0.127. The monoisotopic (exact) mass is 400 g/mol. The van der Waals surface area contributed by atoms with Crippen molar-refractivity contribution in [1.82, 2.24) is 19.6 Å². The van der Waals surface area contributed by atoms with Crippen molar-refractivity contribution in [1.29, 1.82) is 0 Å². The Balaban J connectivity index is 1.19. The van der Waals surface area contributed by atoms with E-state index in [-0.39, 0.29) is 5.92 Å². The van der Waals surface area contributed by atoms with Gasteiger partial charge in [0.1, 0.15) is 5.78 Å². The molecule has 0 spiro atoms. The maximum Gasteiger partial charge on any atom is 0.138 e. The molecule has 4 rings (SSSR count). The summed E-state index contributed by atoms with van der Waals surface area (Å²) in [6.45, 7) is 11.2. The van der Waals surface area contributed by atoms with Crippen LogP contribution in [0.1, 0.15) is 76.8 Å². The summed E-state index contributed by atoms with van der Waals surface area (Å²) in [5.41, 5.74) is 1.27. The molecular formula is C24H40N4O. The fourth-order valence-corrected chi connectivity index (χ4v) is 5.96. The Morgan fingerprint density at radius 3 is 1.86 bits per heavy atom. The number of ketones is 1. The van der Waals surface area contributed by atoms with E-state index in [0.29, 0.717) is 17.7 Å². The third kappa shape index (κ3) is 4.93. The number of hydrogen-bond acceptors (Lipinski definition) is 4. The average molecular weight is 401 g/mol. The Morgan fingerprint density at radius 2 is 1.38 bits per heavy atom. The van der Waals surface area contributed by atoms with E-state index in [4.69, 9.17) is 0 Å². The summed E-state index contributed by atoms with van der Waals surface area (Å²) in [5.74, 6) is 1.04. The van der Waals surface area contributed by atoms with Gasteiger partial charge in [0.05, 0.1) is 12.2 Å². The fraction of sp³-hybridized carbons (Fsp3) is 0.833. The van der Waals surface area contributed by atoms with Crippen LogP contribution in [0.3, 0.4) is 0 Å². The number of Topliss-reactive ketones (excluding diaryl/α,β-unsaturated/α-hetero) is 1. The van der Waals surface area contributed by atoms with Gasteiger partial charge in [0.25, 0.3) is 0 Å². The van der Waals surface area contributed by atoms with Gasteiger partial charge in [-0.05, 0) is 76.9 Å². The first-order chi connectivity index (χ1) is 14.0. The normalized spacial score (nSPS) is 28.8. The van der Waals surface area contributed by atoms with Crippen LogP contribution in [0.2, 0.25) is 0 Å². The van der Waals surface area contributed by atoms with E-state index >= 15 is 0 Å². The van der Waals surface area contributed by atoms with Crippen LogP contribution in [-0.4, -0.2) is 63.6 Å². The lowest BCUT2D eigenvalue weighted by atomic mass is 9.79. The summed E-state index contributed by atoms with van der Waals surface area (Å²) in [4.78, 5) is 17.8. The molecule has 1 aromatic rings. The van der Waals surface area contributed by atoms with Crippen LogP contribution in [0, 0.1) is 18.8 Å². The van der Waals surface area contributed by atoms with E-state index in [9.17, 15) is 4.79 Å². The summed E-state index contributed by atoms with van der Waals surface area (Å²) in [6.07, 6.45) is 13.9. The molecule has 0 N–H and O–H groups in total. The minimum atomic E-state index is 0.203. The van der Waals surface area contributed by atoms with Crippen molar-refractivity contribution in [2.75, 3.05) is 26.2 Å². The minimum Gasteiger partial charge on any atom is -0.300 e. The molecule has 0 aromatic carbocycles. The molecule has 1 aliphatic carbocycles. The van der Waals surface area contributed by atoms with Gasteiger partial charge in [-0.2, -0.15) is 5.10 Å². The molecule has 5 heteroatoms. The van der Waals surface area contributed by atoms with E-state index in [1.807, 2.05) is 6.20 Å². The number of aromatic nitrogens is 2. The molecule has 0 atom stereocenters. The Bertz CT molecular complexity index is 660. The number of nitrogens with zero attached hydrogens (tertiary/aromatic N) is 4. The first-order valence-corrected chi connectivity index (χ1v) is 12.0. The Morgan fingerprint density at radius 1 is 0.862 bits per heavy atom. The molecular weight excluding hydrogens is 360 g/mol. The first-order valence-electron chi connectivity index (χ1n) is 12.0. The maximum absolute atomic E-state index is 12.3. The van der Waals surface area contributed by atoms with Crippen LogP contribution in [0.4, 0.5) is 0 Å². The summed E-state index contributed by atoms with van der Waals surface area (Å²) >= 11 is 0. The quantitative estimate of drug-likeness (QED) is 0.747. The van der Waals surface area contributed by atoms with Gasteiger partial charge in [-0.3, -0.25) is 9.48 Å². The highest BCUT2D eigenvalue weighted by Crippen LogP contribution is 2.32. The number of likely N-dealkylation sites (tertiary alicyclic amines) is 2. The van der Waals surface area contributed by atoms with Gasteiger partial charge in [-0.25, -0.2) is 0 Å². The third-order valence-corrected chi connectivity index (χ3v) is 7.80. The zero-order chi connectivity index (χ0) is 20.4. The van der Waals surface area contributed by atoms with Gasteiger partial charge >= 0.3 is 0 Å². The van der Waals surface area contributed by atoms with Crippen LogP contribution in [0.5, 0.6) is 0 Å². The zero-order valence-electron chi connectivity index (χ0n) is 18.7. The van der Waals surface area contributed by atoms with Crippen LogP contribution < -0.4 is 0 Å². The first kappa shape index (κ1) is 21.0. The van der Waals surface area contributed by atoms with Crippen molar-refractivity contribution >= 4 is 5.78 Å². The van der Waals surface area contributed by atoms with E-state index in [2.05, 4.69) is 46.5 Å². The molecule has 3 fully saturated rings. The molecule has 3 aliphatic rings.